The number of piperidine rings is 1. The minimum absolute atomic E-state index is 0. The topological polar surface area (TPSA) is 43.3 Å². The van der Waals surface area contributed by atoms with Crippen molar-refractivity contribution in [2.45, 2.75) is 69.9 Å². The van der Waals surface area contributed by atoms with Crippen molar-refractivity contribution in [2.75, 3.05) is 65.6 Å². The van der Waals surface area contributed by atoms with Gasteiger partial charge in [-0.15, -0.1) is 24.0 Å². The zero-order valence-electron chi connectivity index (χ0n) is 18.4. The molecule has 0 radical (unpaired) electrons. The summed E-state index contributed by atoms with van der Waals surface area (Å²) in [5.74, 6) is 1.15. The van der Waals surface area contributed by atoms with Crippen molar-refractivity contribution in [1.29, 1.82) is 0 Å². The molecule has 0 aromatic carbocycles. The fourth-order valence-corrected chi connectivity index (χ4v) is 5.68. The van der Waals surface area contributed by atoms with E-state index < -0.39 is 0 Å². The van der Waals surface area contributed by atoms with Crippen LogP contribution in [0, 0.1) is 0 Å². The fourth-order valence-electron chi connectivity index (χ4n) is 5.68. The first-order valence-electron chi connectivity index (χ1n) is 11.9. The Balaban J connectivity index is 0.00000240. The SMILES string of the molecule is CCNC(=NCC1(N2CCCC2)CCOCC1)N1CCC(N2CCCCC2)C1.I. The van der Waals surface area contributed by atoms with Crippen LogP contribution in [0.2, 0.25) is 0 Å². The lowest BCUT2D eigenvalue weighted by Crippen LogP contribution is -2.54. The lowest BCUT2D eigenvalue weighted by Gasteiger charge is -2.44. The molecule has 0 spiro atoms. The summed E-state index contributed by atoms with van der Waals surface area (Å²) in [7, 11) is 0. The van der Waals surface area contributed by atoms with Crippen LogP contribution in [-0.4, -0.2) is 97.8 Å². The van der Waals surface area contributed by atoms with Gasteiger partial charge in [0.1, 0.15) is 0 Å². The molecule has 0 amide bonds. The Morgan fingerprint density at radius 2 is 1.69 bits per heavy atom. The largest absolute Gasteiger partial charge is 0.381 e. The molecule has 0 aliphatic carbocycles. The highest BCUT2D eigenvalue weighted by atomic mass is 127. The van der Waals surface area contributed by atoms with E-state index in [9.17, 15) is 0 Å². The molecule has 1 N–H and O–H groups in total. The average Bonchev–Trinajstić information content (AvgIpc) is 3.45. The van der Waals surface area contributed by atoms with Crippen LogP contribution in [-0.2, 0) is 4.74 Å². The zero-order chi connectivity index (χ0) is 19.2. The summed E-state index contributed by atoms with van der Waals surface area (Å²) in [5, 5.41) is 3.60. The molecule has 1 unspecified atom stereocenters. The fraction of sp³-hybridized carbons (Fsp3) is 0.955. The zero-order valence-corrected chi connectivity index (χ0v) is 20.7. The Hall–Kier alpha value is -0.120. The maximum atomic E-state index is 5.71. The first kappa shape index (κ1) is 23.5. The van der Waals surface area contributed by atoms with Crippen LogP contribution >= 0.6 is 24.0 Å². The minimum atomic E-state index is 0. The molecule has 4 rings (SSSR count). The van der Waals surface area contributed by atoms with Gasteiger partial charge in [0.25, 0.3) is 0 Å². The number of hydrogen-bond donors (Lipinski definition) is 1. The first-order valence-corrected chi connectivity index (χ1v) is 11.9. The number of likely N-dealkylation sites (tertiary alicyclic amines) is 3. The van der Waals surface area contributed by atoms with Crippen LogP contribution in [0.15, 0.2) is 4.99 Å². The van der Waals surface area contributed by atoms with Gasteiger partial charge in [-0.2, -0.15) is 0 Å². The normalized spacial score (nSPS) is 29.1. The minimum Gasteiger partial charge on any atom is -0.381 e. The van der Waals surface area contributed by atoms with E-state index in [0.717, 1.165) is 64.2 Å². The molecule has 4 saturated heterocycles. The van der Waals surface area contributed by atoms with Gasteiger partial charge in [0, 0.05) is 44.4 Å². The van der Waals surface area contributed by atoms with E-state index in [1.165, 1.54) is 64.7 Å². The number of nitrogens with zero attached hydrogens (tertiary/aromatic N) is 4. The summed E-state index contributed by atoms with van der Waals surface area (Å²) in [6.07, 6.45) is 10.4. The number of rotatable bonds is 5. The number of halogens is 1. The van der Waals surface area contributed by atoms with Gasteiger partial charge in [0.15, 0.2) is 5.96 Å². The second-order valence-electron chi connectivity index (χ2n) is 9.19. The second-order valence-corrected chi connectivity index (χ2v) is 9.19. The van der Waals surface area contributed by atoms with Crippen LogP contribution < -0.4 is 5.32 Å². The third-order valence-electron chi connectivity index (χ3n) is 7.43. The van der Waals surface area contributed by atoms with Gasteiger partial charge < -0.3 is 15.0 Å². The van der Waals surface area contributed by atoms with Crippen molar-refractivity contribution in [2.24, 2.45) is 4.99 Å². The monoisotopic (exact) mass is 519 g/mol. The Morgan fingerprint density at radius 3 is 2.38 bits per heavy atom. The van der Waals surface area contributed by atoms with Crippen molar-refractivity contribution in [3.8, 4) is 0 Å². The van der Waals surface area contributed by atoms with Crippen LogP contribution in [0.25, 0.3) is 0 Å². The van der Waals surface area contributed by atoms with Crippen molar-refractivity contribution in [1.82, 2.24) is 20.0 Å². The quantitative estimate of drug-likeness (QED) is 0.344. The second kappa shape index (κ2) is 11.5. The third kappa shape index (κ3) is 5.77. The molecular weight excluding hydrogens is 477 g/mol. The maximum Gasteiger partial charge on any atom is 0.194 e. The van der Waals surface area contributed by atoms with Gasteiger partial charge in [-0.05, 0) is 78.0 Å². The average molecular weight is 520 g/mol. The predicted octanol–water partition coefficient (Wildman–Crippen LogP) is 2.78. The number of ether oxygens (including phenoxy) is 1. The molecule has 4 aliphatic heterocycles. The lowest BCUT2D eigenvalue weighted by atomic mass is 9.88. The van der Waals surface area contributed by atoms with Crippen molar-refractivity contribution >= 4 is 29.9 Å². The van der Waals surface area contributed by atoms with Gasteiger partial charge in [0.05, 0.1) is 6.54 Å². The van der Waals surface area contributed by atoms with Crippen LogP contribution in [0.3, 0.4) is 0 Å². The Labute approximate surface area is 194 Å². The molecule has 29 heavy (non-hydrogen) atoms. The highest BCUT2D eigenvalue weighted by molar-refractivity contribution is 14.0. The number of guanidine groups is 1. The van der Waals surface area contributed by atoms with Gasteiger partial charge in [0.2, 0.25) is 0 Å². The molecule has 4 aliphatic rings. The van der Waals surface area contributed by atoms with Crippen LogP contribution in [0.5, 0.6) is 0 Å². The summed E-state index contributed by atoms with van der Waals surface area (Å²) in [4.78, 5) is 13.2. The molecule has 0 bridgehead atoms. The van der Waals surface area contributed by atoms with E-state index in [1.54, 1.807) is 0 Å². The van der Waals surface area contributed by atoms with E-state index in [2.05, 4.69) is 26.9 Å². The molecule has 0 aromatic heterocycles. The molecule has 6 nitrogen and oxygen atoms in total. The Morgan fingerprint density at radius 1 is 1.00 bits per heavy atom. The van der Waals surface area contributed by atoms with E-state index in [1.807, 2.05) is 0 Å². The molecular formula is C22H42IN5O. The first-order chi connectivity index (χ1) is 13.8. The summed E-state index contributed by atoms with van der Waals surface area (Å²) >= 11 is 0. The van der Waals surface area contributed by atoms with Crippen LogP contribution in [0.4, 0.5) is 0 Å². The van der Waals surface area contributed by atoms with Gasteiger partial charge in [-0.1, -0.05) is 6.42 Å². The predicted molar refractivity (Wildman–Crippen MR) is 130 cm³/mol. The third-order valence-corrected chi connectivity index (χ3v) is 7.43. The smallest absolute Gasteiger partial charge is 0.194 e. The van der Waals surface area contributed by atoms with Crippen molar-refractivity contribution in [3.05, 3.63) is 0 Å². The summed E-state index contributed by atoms with van der Waals surface area (Å²) in [5.41, 5.74) is 0.224. The Bertz CT molecular complexity index is 513. The van der Waals surface area contributed by atoms with Crippen molar-refractivity contribution < 1.29 is 4.74 Å². The van der Waals surface area contributed by atoms with E-state index in [0.29, 0.717) is 0 Å². The molecule has 168 valence electrons. The van der Waals surface area contributed by atoms with Gasteiger partial charge in [-0.3, -0.25) is 14.8 Å². The highest BCUT2D eigenvalue weighted by Gasteiger charge is 2.40. The summed E-state index contributed by atoms with van der Waals surface area (Å²) in [6, 6.07) is 0.722. The number of hydrogen-bond acceptors (Lipinski definition) is 4. The van der Waals surface area contributed by atoms with Crippen LogP contribution in [0.1, 0.15) is 58.3 Å². The van der Waals surface area contributed by atoms with E-state index in [4.69, 9.17) is 9.73 Å². The molecule has 4 heterocycles. The summed E-state index contributed by atoms with van der Waals surface area (Å²) in [6.45, 7) is 13.2. The number of aliphatic imine (C=N–C) groups is 1. The Kier molecular flexibility index (Phi) is 9.32. The van der Waals surface area contributed by atoms with Gasteiger partial charge >= 0.3 is 0 Å². The van der Waals surface area contributed by atoms with Crippen molar-refractivity contribution in [3.63, 3.8) is 0 Å². The van der Waals surface area contributed by atoms with Gasteiger partial charge in [-0.25, -0.2) is 0 Å². The molecule has 1 atom stereocenters. The summed E-state index contributed by atoms with van der Waals surface area (Å²) < 4.78 is 5.71. The molecule has 0 saturated carbocycles. The highest BCUT2D eigenvalue weighted by Crippen LogP contribution is 2.32. The molecule has 7 heteroatoms. The molecule has 4 fully saturated rings. The number of nitrogens with one attached hydrogen (secondary N) is 1. The van der Waals surface area contributed by atoms with E-state index in [-0.39, 0.29) is 29.5 Å². The lowest BCUT2D eigenvalue weighted by molar-refractivity contribution is -0.0139. The molecule has 0 aromatic rings. The van der Waals surface area contributed by atoms with E-state index >= 15 is 0 Å². The maximum absolute atomic E-state index is 5.71. The standard InChI is InChI=1S/C22H41N5O.HI/c1-2-23-21(26-15-8-20(18-26)25-11-4-3-5-12-25)24-19-22(9-16-28-17-10-22)27-13-6-7-14-27;/h20H,2-19H2,1H3,(H,23,24);1H.